The summed E-state index contributed by atoms with van der Waals surface area (Å²) >= 11 is 0. The van der Waals surface area contributed by atoms with Crippen LogP contribution in [0, 0.1) is 5.92 Å². The van der Waals surface area contributed by atoms with E-state index in [1.165, 1.54) is 19.3 Å². The summed E-state index contributed by atoms with van der Waals surface area (Å²) in [5.74, 6) is 0.850. The molecule has 1 N–H and O–H groups in total. The Hall–Kier alpha value is -0.120. The van der Waals surface area contributed by atoms with Crippen molar-refractivity contribution in [3.8, 4) is 0 Å². The van der Waals surface area contributed by atoms with Crippen LogP contribution in [0.2, 0.25) is 0 Å². The summed E-state index contributed by atoms with van der Waals surface area (Å²) in [6.45, 7) is 6.24. The van der Waals surface area contributed by atoms with E-state index >= 15 is 0 Å². The topological polar surface area (TPSA) is 30.5 Å². The lowest BCUT2D eigenvalue weighted by Gasteiger charge is -2.37. The van der Waals surface area contributed by atoms with Gasteiger partial charge in [0.1, 0.15) is 0 Å². The van der Waals surface area contributed by atoms with Crippen LogP contribution in [0.1, 0.15) is 46.0 Å². The lowest BCUT2D eigenvalue weighted by atomic mass is 9.92. The zero-order valence-electron chi connectivity index (χ0n) is 11.1. The van der Waals surface area contributed by atoms with Crippen LogP contribution in [0.25, 0.3) is 0 Å². The van der Waals surface area contributed by atoms with Crippen LogP contribution in [0.4, 0.5) is 0 Å². The fraction of sp³-hybridized carbons (Fsp3) is 1.00. The third kappa shape index (κ3) is 2.83. The van der Waals surface area contributed by atoms with Crippen molar-refractivity contribution in [2.24, 2.45) is 5.92 Å². The third-order valence-corrected chi connectivity index (χ3v) is 4.37. The van der Waals surface area contributed by atoms with Crippen LogP contribution < -0.4 is 5.32 Å². The molecular weight excluding hydrogens is 214 g/mol. The first-order valence-electron chi connectivity index (χ1n) is 7.16. The van der Waals surface area contributed by atoms with Crippen LogP contribution in [0.5, 0.6) is 0 Å². The monoisotopic (exact) mass is 239 g/mol. The van der Waals surface area contributed by atoms with E-state index in [-0.39, 0.29) is 5.60 Å². The molecule has 0 spiro atoms. The molecule has 3 heteroatoms. The first kappa shape index (κ1) is 11.9. The summed E-state index contributed by atoms with van der Waals surface area (Å²) in [4.78, 5) is 0. The van der Waals surface area contributed by atoms with E-state index in [0.29, 0.717) is 18.2 Å². The SMILES string of the molecule is CC1(C)CC(NC2CCOC2C2CC2)CCO1. The molecule has 3 unspecified atom stereocenters. The molecule has 0 aromatic heterocycles. The number of nitrogens with one attached hydrogen (secondary N) is 1. The third-order valence-electron chi connectivity index (χ3n) is 4.37. The maximum absolute atomic E-state index is 5.89. The van der Waals surface area contributed by atoms with E-state index in [0.717, 1.165) is 32.0 Å². The first-order chi connectivity index (χ1) is 8.14. The lowest BCUT2D eigenvalue weighted by molar-refractivity contribution is -0.0654. The zero-order chi connectivity index (χ0) is 11.9. The van der Waals surface area contributed by atoms with Crippen LogP contribution in [0.3, 0.4) is 0 Å². The Morgan fingerprint density at radius 2 is 1.88 bits per heavy atom. The maximum Gasteiger partial charge on any atom is 0.0757 e. The van der Waals surface area contributed by atoms with Crippen molar-refractivity contribution in [1.82, 2.24) is 5.32 Å². The molecule has 1 aliphatic carbocycles. The summed E-state index contributed by atoms with van der Waals surface area (Å²) in [5.41, 5.74) is 0.0461. The van der Waals surface area contributed by atoms with Crippen molar-refractivity contribution < 1.29 is 9.47 Å². The zero-order valence-corrected chi connectivity index (χ0v) is 11.1. The van der Waals surface area contributed by atoms with Crippen LogP contribution >= 0.6 is 0 Å². The standard InChI is InChI=1S/C14H25NO2/c1-14(2)9-11(5-8-17-14)15-12-6-7-16-13(12)10-3-4-10/h10-13,15H,3-9H2,1-2H3. The van der Waals surface area contributed by atoms with Crippen molar-refractivity contribution in [1.29, 1.82) is 0 Å². The molecule has 0 aromatic carbocycles. The van der Waals surface area contributed by atoms with Gasteiger partial charge in [-0.2, -0.15) is 0 Å². The Labute approximate surface area is 104 Å². The fourth-order valence-electron chi connectivity index (χ4n) is 3.36. The molecule has 98 valence electrons. The van der Waals surface area contributed by atoms with E-state index in [1.54, 1.807) is 0 Å². The Balaban J connectivity index is 1.55. The van der Waals surface area contributed by atoms with Crippen molar-refractivity contribution in [3.63, 3.8) is 0 Å². The molecule has 2 aliphatic heterocycles. The molecule has 17 heavy (non-hydrogen) atoms. The quantitative estimate of drug-likeness (QED) is 0.818. The van der Waals surface area contributed by atoms with E-state index in [1.807, 2.05) is 0 Å². The predicted molar refractivity (Wildman–Crippen MR) is 67.1 cm³/mol. The van der Waals surface area contributed by atoms with Crippen LogP contribution in [0.15, 0.2) is 0 Å². The van der Waals surface area contributed by atoms with Gasteiger partial charge in [-0.25, -0.2) is 0 Å². The second kappa shape index (κ2) is 4.52. The summed E-state index contributed by atoms with van der Waals surface area (Å²) < 4.78 is 11.7. The molecule has 3 rings (SSSR count). The van der Waals surface area contributed by atoms with Crippen molar-refractivity contribution in [2.75, 3.05) is 13.2 Å². The summed E-state index contributed by atoms with van der Waals surface area (Å²) in [7, 11) is 0. The number of hydrogen-bond acceptors (Lipinski definition) is 3. The smallest absolute Gasteiger partial charge is 0.0757 e. The molecule has 3 fully saturated rings. The van der Waals surface area contributed by atoms with E-state index in [2.05, 4.69) is 19.2 Å². The molecule has 2 heterocycles. The molecule has 0 amide bonds. The lowest BCUT2D eigenvalue weighted by Crippen LogP contribution is -2.49. The van der Waals surface area contributed by atoms with Crippen LogP contribution in [-0.2, 0) is 9.47 Å². The first-order valence-corrected chi connectivity index (χ1v) is 7.16. The molecular formula is C14H25NO2. The normalized spacial score (nSPS) is 41.6. The highest BCUT2D eigenvalue weighted by molar-refractivity contribution is 4.96. The average Bonchev–Trinajstić information content (AvgIpc) is 2.99. The number of ether oxygens (including phenoxy) is 2. The maximum atomic E-state index is 5.89. The number of rotatable bonds is 3. The fourth-order valence-corrected chi connectivity index (χ4v) is 3.36. The van der Waals surface area contributed by atoms with Gasteiger partial charge in [-0.15, -0.1) is 0 Å². The second-order valence-corrected chi connectivity index (χ2v) is 6.53. The minimum Gasteiger partial charge on any atom is -0.376 e. The van der Waals surface area contributed by atoms with Gasteiger partial charge in [0, 0.05) is 25.3 Å². The molecule has 3 atom stereocenters. The molecule has 1 saturated carbocycles. The van der Waals surface area contributed by atoms with Gasteiger partial charge in [-0.1, -0.05) is 0 Å². The highest BCUT2D eigenvalue weighted by Gasteiger charge is 2.42. The van der Waals surface area contributed by atoms with Crippen molar-refractivity contribution in [3.05, 3.63) is 0 Å². The average molecular weight is 239 g/mol. The minimum atomic E-state index is 0.0461. The highest BCUT2D eigenvalue weighted by atomic mass is 16.5. The highest BCUT2D eigenvalue weighted by Crippen LogP contribution is 2.39. The minimum absolute atomic E-state index is 0.0461. The Morgan fingerprint density at radius 3 is 2.59 bits per heavy atom. The summed E-state index contributed by atoms with van der Waals surface area (Å²) in [5, 5.41) is 3.84. The summed E-state index contributed by atoms with van der Waals surface area (Å²) in [6.07, 6.45) is 6.72. The largest absolute Gasteiger partial charge is 0.376 e. The van der Waals surface area contributed by atoms with Gasteiger partial charge in [0.05, 0.1) is 11.7 Å². The van der Waals surface area contributed by atoms with Crippen LogP contribution in [-0.4, -0.2) is 37.0 Å². The van der Waals surface area contributed by atoms with E-state index in [9.17, 15) is 0 Å². The molecule has 0 bridgehead atoms. The van der Waals surface area contributed by atoms with Gasteiger partial charge >= 0.3 is 0 Å². The van der Waals surface area contributed by atoms with Gasteiger partial charge in [0.2, 0.25) is 0 Å². The predicted octanol–water partition coefficient (Wildman–Crippen LogP) is 2.10. The van der Waals surface area contributed by atoms with E-state index in [4.69, 9.17) is 9.47 Å². The molecule has 0 radical (unpaired) electrons. The van der Waals surface area contributed by atoms with Gasteiger partial charge in [0.25, 0.3) is 0 Å². The van der Waals surface area contributed by atoms with Gasteiger partial charge < -0.3 is 14.8 Å². The summed E-state index contributed by atoms with van der Waals surface area (Å²) in [6, 6.07) is 1.22. The number of hydrogen-bond donors (Lipinski definition) is 1. The molecule has 3 nitrogen and oxygen atoms in total. The Bertz CT molecular complexity index is 275. The Kier molecular flexibility index (Phi) is 3.18. The molecule has 0 aromatic rings. The second-order valence-electron chi connectivity index (χ2n) is 6.53. The van der Waals surface area contributed by atoms with Gasteiger partial charge in [-0.3, -0.25) is 0 Å². The van der Waals surface area contributed by atoms with Gasteiger partial charge in [0.15, 0.2) is 0 Å². The van der Waals surface area contributed by atoms with Crippen molar-refractivity contribution in [2.45, 2.75) is 69.7 Å². The Morgan fingerprint density at radius 1 is 1.06 bits per heavy atom. The van der Waals surface area contributed by atoms with E-state index < -0.39 is 0 Å². The van der Waals surface area contributed by atoms with Gasteiger partial charge in [-0.05, 0) is 51.9 Å². The molecule has 3 aliphatic rings. The van der Waals surface area contributed by atoms with Crippen molar-refractivity contribution >= 4 is 0 Å². The molecule has 2 saturated heterocycles.